The Morgan fingerprint density at radius 2 is 0.855 bits per heavy atom. The number of thiophene rings is 1. The highest BCUT2D eigenvalue weighted by atomic mass is 32.1. The van der Waals surface area contributed by atoms with Crippen molar-refractivity contribution in [1.82, 2.24) is 9.97 Å². The Bertz CT molecular complexity index is 3400. The first-order chi connectivity index (χ1) is 30.7. The number of hydrogen-bond donors (Lipinski definition) is 0. The van der Waals surface area contributed by atoms with Gasteiger partial charge in [-0.1, -0.05) is 206 Å². The Hall–Kier alpha value is -7.72. The zero-order chi connectivity index (χ0) is 41.0. The fraction of sp³-hybridized carbons (Fsp3) is 0.0169. The van der Waals surface area contributed by atoms with E-state index in [0.29, 0.717) is 5.82 Å². The molecule has 0 N–H and O–H groups in total. The molecule has 0 atom stereocenters. The van der Waals surface area contributed by atoms with Gasteiger partial charge in [0.2, 0.25) is 0 Å². The minimum absolute atomic E-state index is 0.445. The number of fused-ring (bicyclic) bond motifs is 6. The van der Waals surface area contributed by atoms with Crippen LogP contribution in [-0.2, 0) is 5.41 Å². The van der Waals surface area contributed by atoms with Crippen molar-refractivity contribution < 1.29 is 0 Å². The van der Waals surface area contributed by atoms with Crippen LogP contribution >= 0.6 is 11.3 Å². The fourth-order valence-electron chi connectivity index (χ4n) is 9.76. The number of aromatic nitrogens is 2. The summed E-state index contributed by atoms with van der Waals surface area (Å²) in [5.74, 6) is 0.700. The highest BCUT2D eigenvalue weighted by Crippen LogP contribution is 2.57. The first kappa shape index (κ1) is 36.2. The smallest absolute Gasteiger partial charge is 0.160 e. The van der Waals surface area contributed by atoms with Crippen LogP contribution in [0.4, 0.5) is 0 Å². The highest BCUT2D eigenvalue weighted by molar-refractivity contribution is 7.25. The molecule has 11 aromatic rings. The van der Waals surface area contributed by atoms with E-state index < -0.39 is 5.41 Å². The van der Waals surface area contributed by atoms with E-state index in [0.717, 1.165) is 39.2 Å². The molecule has 9 aromatic carbocycles. The molecule has 12 rings (SSSR count). The van der Waals surface area contributed by atoms with Crippen LogP contribution in [0.3, 0.4) is 0 Å². The Morgan fingerprint density at radius 3 is 1.61 bits per heavy atom. The Labute approximate surface area is 365 Å². The molecule has 3 heteroatoms. The van der Waals surface area contributed by atoms with E-state index in [2.05, 4.69) is 224 Å². The maximum Gasteiger partial charge on any atom is 0.160 e. The summed E-state index contributed by atoms with van der Waals surface area (Å²) in [6.07, 6.45) is 0. The molecule has 290 valence electrons. The molecule has 1 aliphatic rings. The van der Waals surface area contributed by atoms with Crippen molar-refractivity contribution in [2.24, 2.45) is 0 Å². The van der Waals surface area contributed by atoms with Gasteiger partial charge in [-0.2, -0.15) is 0 Å². The lowest BCUT2D eigenvalue weighted by Crippen LogP contribution is -2.28. The normalized spacial score (nSPS) is 12.6. The van der Waals surface area contributed by atoms with E-state index in [1.807, 2.05) is 17.4 Å². The van der Waals surface area contributed by atoms with E-state index in [9.17, 15) is 0 Å². The fourth-order valence-corrected chi connectivity index (χ4v) is 10.9. The van der Waals surface area contributed by atoms with Crippen molar-refractivity contribution >= 4 is 31.5 Å². The average molecular weight is 807 g/mol. The van der Waals surface area contributed by atoms with Crippen molar-refractivity contribution in [3.8, 4) is 67.3 Å². The number of benzene rings is 9. The minimum Gasteiger partial charge on any atom is -0.228 e. The molecule has 2 heterocycles. The van der Waals surface area contributed by atoms with Crippen LogP contribution in [0.25, 0.3) is 87.5 Å². The van der Waals surface area contributed by atoms with Gasteiger partial charge in [-0.3, -0.25) is 0 Å². The summed E-state index contributed by atoms with van der Waals surface area (Å²) < 4.78 is 2.62. The molecule has 0 amide bonds. The zero-order valence-electron chi connectivity index (χ0n) is 33.7. The van der Waals surface area contributed by atoms with Gasteiger partial charge >= 0.3 is 0 Å². The number of rotatable bonds is 7. The molecule has 0 fully saturated rings. The summed E-state index contributed by atoms with van der Waals surface area (Å²) in [6, 6.07) is 83.4. The van der Waals surface area contributed by atoms with Crippen LogP contribution in [0, 0.1) is 0 Å². The van der Waals surface area contributed by atoms with Crippen molar-refractivity contribution in [1.29, 1.82) is 0 Å². The average Bonchev–Trinajstić information content (AvgIpc) is 3.88. The lowest BCUT2D eigenvalue weighted by atomic mass is 9.67. The molecule has 62 heavy (non-hydrogen) atoms. The maximum absolute atomic E-state index is 5.30. The predicted octanol–water partition coefficient (Wildman–Crippen LogP) is 15.5. The Morgan fingerprint density at radius 1 is 0.306 bits per heavy atom. The van der Waals surface area contributed by atoms with Gasteiger partial charge in [-0.15, -0.1) is 11.3 Å². The third-order valence-electron chi connectivity index (χ3n) is 12.6. The number of hydrogen-bond acceptors (Lipinski definition) is 3. The molecule has 2 nitrogen and oxygen atoms in total. The molecule has 0 radical (unpaired) electrons. The molecule has 0 saturated heterocycles. The van der Waals surface area contributed by atoms with Crippen molar-refractivity contribution in [3.63, 3.8) is 0 Å². The zero-order valence-corrected chi connectivity index (χ0v) is 34.6. The molecule has 0 spiro atoms. The van der Waals surface area contributed by atoms with Crippen LogP contribution < -0.4 is 0 Å². The predicted molar refractivity (Wildman–Crippen MR) is 259 cm³/mol. The van der Waals surface area contributed by atoms with Crippen molar-refractivity contribution in [3.05, 3.63) is 253 Å². The van der Waals surface area contributed by atoms with Gasteiger partial charge < -0.3 is 0 Å². The molecular formula is C59H38N2S. The van der Waals surface area contributed by atoms with Gasteiger partial charge in [-0.25, -0.2) is 9.97 Å². The quantitative estimate of drug-likeness (QED) is 0.160. The van der Waals surface area contributed by atoms with E-state index in [-0.39, 0.29) is 0 Å². The monoisotopic (exact) mass is 806 g/mol. The standard InChI is InChI=1S/C59H38N2S/c1-4-16-41(17-5-1)58-60-54(40-30-28-39(29-31-40)42-32-34-50-49-25-13-15-27-56(49)62-57(50)37-42)38-55(61-58)48-24-11-10-22-46(48)43-33-35-53-51(36-43)47-23-12-14-26-52(47)59(53,44-18-6-2-7-19-44)45-20-8-3-9-21-45/h1-38H. The lowest BCUT2D eigenvalue weighted by molar-refractivity contribution is 0.768. The van der Waals surface area contributed by atoms with Crippen LogP contribution in [0.5, 0.6) is 0 Å². The van der Waals surface area contributed by atoms with Crippen LogP contribution in [0.15, 0.2) is 231 Å². The highest BCUT2D eigenvalue weighted by Gasteiger charge is 2.46. The largest absolute Gasteiger partial charge is 0.228 e. The molecule has 1 aliphatic carbocycles. The van der Waals surface area contributed by atoms with E-state index in [4.69, 9.17) is 9.97 Å². The topological polar surface area (TPSA) is 25.8 Å². The first-order valence-electron chi connectivity index (χ1n) is 21.1. The second-order valence-corrected chi connectivity index (χ2v) is 17.1. The van der Waals surface area contributed by atoms with Crippen LogP contribution in [0.2, 0.25) is 0 Å². The third kappa shape index (κ3) is 5.85. The van der Waals surface area contributed by atoms with Gasteiger partial charge in [0.25, 0.3) is 0 Å². The second-order valence-electron chi connectivity index (χ2n) is 16.0. The summed E-state index contributed by atoms with van der Waals surface area (Å²) in [6.45, 7) is 0. The van der Waals surface area contributed by atoms with Gasteiger partial charge in [-0.05, 0) is 79.9 Å². The minimum atomic E-state index is -0.445. The summed E-state index contributed by atoms with van der Waals surface area (Å²) in [5.41, 5.74) is 16.7. The summed E-state index contributed by atoms with van der Waals surface area (Å²) in [7, 11) is 0. The van der Waals surface area contributed by atoms with E-state index in [1.165, 1.54) is 64.7 Å². The Balaban J connectivity index is 0.978. The first-order valence-corrected chi connectivity index (χ1v) is 22.0. The molecule has 2 aromatic heterocycles. The van der Waals surface area contributed by atoms with Crippen LogP contribution in [-0.4, -0.2) is 9.97 Å². The molecule has 0 unspecified atom stereocenters. The molecular weight excluding hydrogens is 769 g/mol. The Kier molecular flexibility index (Phi) is 8.62. The SMILES string of the molecule is c1ccc(-c2nc(-c3ccc(-c4ccc5c(c4)sc4ccccc45)cc3)cc(-c3ccccc3-c3ccc4c(c3)-c3ccccc3C4(c3ccccc3)c3ccccc3)n2)cc1. The van der Waals surface area contributed by atoms with Crippen molar-refractivity contribution in [2.45, 2.75) is 5.41 Å². The van der Waals surface area contributed by atoms with Gasteiger partial charge in [0, 0.05) is 36.9 Å². The molecule has 0 saturated carbocycles. The van der Waals surface area contributed by atoms with E-state index in [1.54, 1.807) is 0 Å². The van der Waals surface area contributed by atoms with E-state index >= 15 is 0 Å². The van der Waals surface area contributed by atoms with Gasteiger partial charge in [0.05, 0.1) is 16.8 Å². The van der Waals surface area contributed by atoms with Crippen LogP contribution in [0.1, 0.15) is 22.3 Å². The van der Waals surface area contributed by atoms with Gasteiger partial charge in [0.15, 0.2) is 5.82 Å². The lowest BCUT2D eigenvalue weighted by Gasteiger charge is -2.33. The third-order valence-corrected chi connectivity index (χ3v) is 13.8. The second kappa shape index (κ2) is 14.8. The maximum atomic E-state index is 5.30. The summed E-state index contributed by atoms with van der Waals surface area (Å²) >= 11 is 1.85. The number of nitrogens with zero attached hydrogens (tertiary/aromatic N) is 2. The molecule has 0 bridgehead atoms. The molecule has 0 aliphatic heterocycles. The van der Waals surface area contributed by atoms with Gasteiger partial charge in [0.1, 0.15) is 0 Å². The summed E-state index contributed by atoms with van der Waals surface area (Å²) in [4.78, 5) is 10.5. The van der Waals surface area contributed by atoms with Crippen molar-refractivity contribution in [2.75, 3.05) is 0 Å². The summed E-state index contributed by atoms with van der Waals surface area (Å²) in [5, 5.41) is 2.63.